The number of methoxy groups -OCH3 is 2. The van der Waals surface area contributed by atoms with Crippen molar-refractivity contribution in [2.24, 2.45) is 0 Å². The molecule has 0 bridgehead atoms. The van der Waals surface area contributed by atoms with E-state index in [-0.39, 0.29) is 42.8 Å². The van der Waals surface area contributed by atoms with Gasteiger partial charge >= 0.3 is 6.03 Å². The molecule has 0 atom stereocenters. The standard InChI is InChI=1S/C21H26N4O7S/c1-31-18-7-6-16(20(15-18)32-2)8-9-22-21(26)23-10-12-24(13-11-23)33(29,30)19-5-3-4-17(14-19)25(27)28/h3-7,14-15H,8-13H2,1-2H3,(H,22,26). The molecule has 0 aliphatic carbocycles. The number of nitrogens with zero attached hydrogens (tertiary/aromatic N) is 3. The lowest BCUT2D eigenvalue weighted by Gasteiger charge is -2.34. The predicted octanol–water partition coefficient (Wildman–Crippen LogP) is 1.87. The molecule has 0 spiro atoms. The minimum Gasteiger partial charge on any atom is -0.497 e. The Bertz CT molecular complexity index is 1120. The molecule has 11 nitrogen and oxygen atoms in total. The van der Waals surface area contributed by atoms with Crippen LogP contribution in [0.2, 0.25) is 0 Å². The minimum atomic E-state index is -3.89. The maximum absolute atomic E-state index is 12.8. The number of nitrogens with one attached hydrogen (secondary N) is 1. The minimum absolute atomic E-state index is 0.102. The number of ether oxygens (including phenoxy) is 2. The van der Waals surface area contributed by atoms with Crippen LogP contribution in [0.15, 0.2) is 47.4 Å². The van der Waals surface area contributed by atoms with Crippen molar-refractivity contribution in [3.05, 3.63) is 58.1 Å². The Kier molecular flexibility index (Phi) is 7.71. The zero-order valence-corrected chi connectivity index (χ0v) is 19.2. The number of urea groups is 1. The molecule has 1 aliphatic heterocycles. The average molecular weight is 479 g/mol. The first-order valence-electron chi connectivity index (χ1n) is 10.2. The lowest BCUT2D eigenvalue weighted by atomic mass is 10.1. The predicted molar refractivity (Wildman–Crippen MR) is 120 cm³/mol. The molecule has 0 unspecified atom stereocenters. The van der Waals surface area contributed by atoms with Gasteiger partial charge in [-0.25, -0.2) is 13.2 Å². The second-order valence-electron chi connectivity index (χ2n) is 7.31. The summed E-state index contributed by atoms with van der Waals surface area (Å²) in [7, 11) is -0.747. The fraction of sp³-hybridized carbons (Fsp3) is 0.381. The van der Waals surface area contributed by atoms with E-state index in [1.165, 1.54) is 22.5 Å². The first kappa shape index (κ1) is 24.3. The Morgan fingerprint density at radius 3 is 2.45 bits per heavy atom. The fourth-order valence-corrected chi connectivity index (χ4v) is 4.97. The third-order valence-electron chi connectivity index (χ3n) is 5.36. The molecule has 0 radical (unpaired) electrons. The van der Waals surface area contributed by atoms with Gasteiger partial charge in [-0.3, -0.25) is 10.1 Å². The Morgan fingerprint density at radius 2 is 1.82 bits per heavy atom. The van der Waals surface area contributed by atoms with Crippen LogP contribution in [0.1, 0.15) is 5.56 Å². The van der Waals surface area contributed by atoms with Gasteiger partial charge < -0.3 is 19.7 Å². The van der Waals surface area contributed by atoms with E-state index >= 15 is 0 Å². The van der Waals surface area contributed by atoms with Crippen LogP contribution in [-0.4, -0.2) is 75.5 Å². The highest BCUT2D eigenvalue weighted by atomic mass is 32.2. The van der Waals surface area contributed by atoms with Crippen molar-refractivity contribution >= 4 is 21.7 Å². The van der Waals surface area contributed by atoms with E-state index in [4.69, 9.17) is 9.47 Å². The Balaban J connectivity index is 1.53. The zero-order valence-electron chi connectivity index (χ0n) is 18.4. The molecule has 2 amide bonds. The smallest absolute Gasteiger partial charge is 0.317 e. The summed E-state index contributed by atoms with van der Waals surface area (Å²) >= 11 is 0. The summed E-state index contributed by atoms with van der Waals surface area (Å²) in [6.07, 6.45) is 0.556. The molecule has 1 saturated heterocycles. The summed E-state index contributed by atoms with van der Waals surface area (Å²) in [6.45, 7) is 1.01. The topological polar surface area (TPSA) is 131 Å². The maximum Gasteiger partial charge on any atom is 0.317 e. The molecule has 1 N–H and O–H groups in total. The first-order valence-corrected chi connectivity index (χ1v) is 11.7. The number of sulfonamides is 1. The molecular weight excluding hydrogens is 452 g/mol. The molecule has 12 heteroatoms. The van der Waals surface area contributed by atoms with Gasteiger partial charge in [0.25, 0.3) is 5.69 Å². The summed E-state index contributed by atoms with van der Waals surface area (Å²) in [4.78, 5) is 24.2. The van der Waals surface area contributed by atoms with Crippen LogP contribution < -0.4 is 14.8 Å². The normalized spacial score (nSPS) is 14.5. The summed E-state index contributed by atoms with van der Waals surface area (Å²) in [5.41, 5.74) is 0.633. The summed E-state index contributed by atoms with van der Waals surface area (Å²) in [5, 5.41) is 13.8. The average Bonchev–Trinajstić information content (AvgIpc) is 2.84. The molecule has 178 valence electrons. The Hall–Kier alpha value is -3.38. The van der Waals surface area contributed by atoms with Gasteiger partial charge in [0.2, 0.25) is 10.0 Å². The molecule has 2 aromatic rings. The van der Waals surface area contributed by atoms with Crippen LogP contribution in [-0.2, 0) is 16.4 Å². The van der Waals surface area contributed by atoms with Crippen molar-refractivity contribution < 1.29 is 27.6 Å². The SMILES string of the molecule is COc1ccc(CCNC(=O)N2CCN(S(=O)(=O)c3cccc([N+](=O)[O-])c3)CC2)c(OC)c1. The van der Waals surface area contributed by atoms with E-state index in [0.29, 0.717) is 24.5 Å². The van der Waals surface area contributed by atoms with Crippen molar-refractivity contribution in [1.29, 1.82) is 0 Å². The number of benzene rings is 2. The van der Waals surface area contributed by atoms with Gasteiger partial charge in [-0.1, -0.05) is 12.1 Å². The van der Waals surface area contributed by atoms with E-state index in [9.17, 15) is 23.3 Å². The number of carbonyl (C=O) groups is 1. The number of carbonyl (C=O) groups excluding carboxylic acids is 1. The molecule has 1 heterocycles. The van der Waals surface area contributed by atoms with Crippen molar-refractivity contribution in [2.75, 3.05) is 46.9 Å². The van der Waals surface area contributed by atoms with Crippen LogP contribution in [0, 0.1) is 10.1 Å². The summed E-state index contributed by atoms with van der Waals surface area (Å²) in [6, 6.07) is 10.1. The van der Waals surface area contributed by atoms with Gasteiger partial charge in [-0.15, -0.1) is 0 Å². The second-order valence-corrected chi connectivity index (χ2v) is 9.24. The molecule has 1 aliphatic rings. The highest BCUT2D eigenvalue weighted by Gasteiger charge is 2.31. The quantitative estimate of drug-likeness (QED) is 0.453. The zero-order chi connectivity index (χ0) is 24.0. The molecule has 2 aromatic carbocycles. The largest absolute Gasteiger partial charge is 0.497 e. The van der Waals surface area contributed by atoms with Gasteiger partial charge in [0, 0.05) is 50.9 Å². The molecule has 0 saturated carbocycles. The van der Waals surface area contributed by atoms with Crippen LogP contribution in [0.3, 0.4) is 0 Å². The van der Waals surface area contributed by atoms with Crippen LogP contribution in [0.4, 0.5) is 10.5 Å². The number of amides is 2. The van der Waals surface area contributed by atoms with Crippen LogP contribution >= 0.6 is 0 Å². The van der Waals surface area contributed by atoms with Gasteiger partial charge in [0.15, 0.2) is 0 Å². The Morgan fingerprint density at radius 1 is 1.09 bits per heavy atom. The number of hydrogen-bond donors (Lipinski definition) is 1. The second kappa shape index (κ2) is 10.5. The van der Waals surface area contributed by atoms with Crippen molar-refractivity contribution in [2.45, 2.75) is 11.3 Å². The third kappa shape index (κ3) is 5.71. The Labute approximate surface area is 192 Å². The number of nitro benzene ring substituents is 1. The molecule has 1 fully saturated rings. The highest BCUT2D eigenvalue weighted by Crippen LogP contribution is 2.25. The van der Waals surface area contributed by atoms with Gasteiger partial charge in [0.1, 0.15) is 11.5 Å². The number of rotatable bonds is 8. The van der Waals surface area contributed by atoms with E-state index in [1.54, 1.807) is 25.2 Å². The fourth-order valence-electron chi connectivity index (χ4n) is 3.51. The third-order valence-corrected chi connectivity index (χ3v) is 7.25. The van der Waals surface area contributed by atoms with E-state index < -0.39 is 14.9 Å². The van der Waals surface area contributed by atoms with Crippen LogP contribution in [0.25, 0.3) is 0 Å². The van der Waals surface area contributed by atoms with Crippen molar-refractivity contribution in [1.82, 2.24) is 14.5 Å². The number of non-ortho nitro benzene ring substituents is 1. The molecule has 33 heavy (non-hydrogen) atoms. The van der Waals surface area contributed by atoms with E-state index in [0.717, 1.165) is 11.6 Å². The van der Waals surface area contributed by atoms with Gasteiger partial charge in [0.05, 0.1) is 24.0 Å². The number of piperazine rings is 1. The first-order chi connectivity index (χ1) is 15.8. The van der Waals surface area contributed by atoms with Crippen LogP contribution in [0.5, 0.6) is 11.5 Å². The number of nitro groups is 1. The lowest BCUT2D eigenvalue weighted by molar-refractivity contribution is -0.385. The highest BCUT2D eigenvalue weighted by molar-refractivity contribution is 7.89. The number of hydrogen-bond acceptors (Lipinski definition) is 7. The lowest BCUT2D eigenvalue weighted by Crippen LogP contribution is -2.53. The monoisotopic (exact) mass is 478 g/mol. The molecule has 0 aromatic heterocycles. The van der Waals surface area contributed by atoms with Crippen molar-refractivity contribution in [3.8, 4) is 11.5 Å². The van der Waals surface area contributed by atoms with E-state index in [1.807, 2.05) is 12.1 Å². The summed E-state index contributed by atoms with van der Waals surface area (Å²) < 4.78 is 37.4. The van der Waals surface area contributed by atoms with E-state index in [2.05, 4.69) is 5.32 Å². The molecule has 3 rings (SSSR count). The summed E-state index contributed by atoms with van der Waals surface area (Å²) in [5.74, 6) is 1.35. The van der Waals surface area contributed by atoms with Gasteiger partial charge in [-0.05, 0) is 24.1 Å². The maximum atomic E-state index is 12.8. The van der Waals surface area contributed by atoms with Crippen molar-refractivity contribution in [3.63, 3.8) is 0 Å². The molecular formula is C21H26N4O7S. The van der Waals surface area contributed by atoms with Gasteiger partial charge in [-0.2, -0.15) is 4.31 Å².